The van der Waals surface area contributed by atoms with Crippen LogP contribution in [0.2, 0.25) is 0 Å². The zero-order chi connectivity index (χ0) is 32.3. The molecule has 0 aliphatic rings. The van der Waals surface area contributed by atoms with E-state index in [1.54, 1.807) is 0 Å². The van der Waals surface area contributed by atoms with Crippen molar-refractivity contribution in [3.8, 4) is 11.5 Å². The van der Waals surface area contributed by atoms with Crippen molar-refractivity contribution in [1.29, 1.82) is 0 Å². The summed E-state index contributed by atoms with van der Waals surface area (Å²) in [5.74, 6) is 1.94. The normalized spacial score (nSPS) is 11.4. The Morgan fingerprint density at radius 2 is 0.533 bits per heavy atom. The molecule has 1 rings (SSSR count). The molecule has 0 aliphatic heterocycles. The van der Waals surface area contributed by atoms with Gasteiger partial charge in [-0.3, -0.25) is 0 Å². The molecule has 0 bridgehead atoms. The SMILES string of the molecule is CCCCCCCCCCCCCCCCCCOc1cc(C)cc(OCCCCCCCCCCCCCCCCCC)c1. The van der Waals surface area contributed by atoms with Gasteiger partial charge in [0.25, 0.3) is 0 Å². The Morgan fingerprint density at radius 1 is 0.311 bits per heavy atom. The molecule has 0 saturated heterocycles. The molecular formula is C43H80O2. The molecule has 0 aromatic heterocycles. The first-order valence-electron chi connectivity index (χ1n) is 20.6. The number of unbranched alkanes of at least 4 members (excludes halogenated alkanes) is 30. The van der Waals surface area contributed by atoms with E-state index in [1.807, 2.05) is 0 Å². The molecule has 0 unspecified atom stereocenters. The third kappa shape index (κ3) is 29.9. The summed E-state index contributed by atoms with van der Waals surface area (Å²) in [5.41, 5.74) is 1.22. The molecule has 0 spiro atoms. The van der Waals surface area contributed by atoms with Gasteiger partial charge in [0.2, 0.25) is 0 Å². The van der Waals surface area contributed by atoms with E-state index in [2.05, 4.69) is 39.0 Å². The molecular weight excluding hydrogens is 548 g/mol. The highest BCUT2D eigenvalue weighted by Gasteiger charge is 2.02. The number of ether oxygens (including phenoxy) is 2. The number of hydrogen-bond acceptors (Lipinski definition) is 2. The summed E-state index contributed by atoms with van der Waals surface area (Å²) in [5, 5.41) is 0. The van der Waals surface area contributed by atoms with Gasteiger partial charge in [-0.15, -0.1) is 0 Å². The minimum atomic E-state index is 0.820. The lowest BCUT2D eigenvalue weighted by Crippen LogP contribution is -2.00. The fourth-order valence-corrected chi connectivity index (χ4v) is 6.56. The van der Waals surface area contributed by atoms with Crippen LogP contribution in [0.5, 0.6) is 11.5 Å². The Labute approximate surface area is 283 Å². The van der Waals surface area contributed by atoms with Gasteiger partial charge in [-0.2, -0.15) is 0 Å². The van der Waals surface area contributed by atoms with E-state index in [-0.39, 0.29) is 0 Å². The van der Waals surface area contributed by atoms with Crippen LogP contribution in [0.4, 0.5) is 0 Å². The molecule has 1 aromatic carbocycles. The maximum atomic E-state index is 6.10. The molecule has 0 heterocycles. The predicted octanol–water partition coefficient (Wildman–Crippen LogP) is 15.3. The van der Waals surface area contributed by atoms with E-state index in [9.17, 15) is 0 Å². The van der Waals surface area contributed by atoms with Crippen molar-refractivity contribution in [2.75, 3.05) is 13.2 Å². The van der Waals surface area contributed by atoms with Crippen LogP contribution in [0.15, 0.2) is 18.2 Å². The highest BCUT2D eigenvalue weighted by molar-refractivity contribution is 5.37. The molecule has 0 radical (unpaired) electrons. The zero-order valence-electron chi connectivity index (χ0n) is 31.1. The van der Waals surface area contributed by atoms with Crippen LogP contribution in [0.1, 0.15) is 225 Å². The van der Waals surface area contributed by atoms with Crippen molar-refractivity contribution in [3.63, 3.8) is 0 Å². The van der Waals surface area contributed by atoms with Crippen molar-refractivity contribution in [1.82, 2.24) is 0 Å². The van der Waals surface area contributed by atoms with Crippen LogP contribution in [0, 0.1) is 6.92 Å². The molecule has 264 valence electrons. The average molecular weight is 629 g/mol. The van der Waals surface area contributed by atoms with Crippen LogP contribution in [0.25, 0.3) is 0 Å². The molecule has 0 N–H and O–H groups in total. The topological polar surface area (TPSA) is 18.5 Å². The van der Waals surface area contributed by atoms with Gasteiger partial charge in [0.05, 0.1) is 13.2 Å². The summed E-state index contributed by atoms with van der Waals surface area (Å²) < 4.78 is 12.2. The lowest BCUT2D eigenvalue weighted by atomic mass is 10.0. The Hall–Kier alpha value is -1.18. The van der Waals surface area contributed by atoms with Gasteiger partial charge in [0, 0.05) is 6.07 Å². The smallest absolute Gasteiger partial charge is 0.123 e. The quantitative estimate of drug-likeness (QED) is 0.0688. The number of aryl methyl sites for hydroxylation is 1. The van der Waals surface area contributed by atoms with Crippen molar-refractivity contribution in [2.45, 2.75) is 226 Å². The second kappa shape index (κ2) is 34.2. The van der Waals surface area contributed by atoms with Crippen molar-refractivity contribution in [2.24, 2.45) is 0 Å². The first-order valence-corrected chi connectivity index (χ1v) is 20.6. The van der Waals surface area contributed by atoms with Gasteiger partial charge < -0.3 is 9.47 Å². The summed E-state index contributed by atoms with van der Waals surface area (Å²) in [6.07, 6.45) is 44.9. The Kier molecular flexibility index (Phi) is 31.8. The second-order valence-corrected chi connectivity index (χ2v) is 14.3. The fourth-order valence-electron chi connectivity index (χ4n) is 6.56. The number of rotatable bonds is 36. The maximum absolute atomic E-state index is 6.10. The summed E-state index contributed by atoms with van der Waals surface area (Å²) in [4.78, 5) is 0. The zero-order valence-corrected chi connectivity index (χ0v) is 31.1. The maximum Gasteiger partial charge on any atom is 0.123 e. The van der Waals surface area contributed by atoms with Crippen molar-refractivity contribution < 1.29 is 9.47 Å². The predicted molar refractivity (Wildman–Crippen MR) is 201 cm³/mol. The minimum Gasteiger partial charge on any atom is -0.493 e. The van der Waals surface area contributed by atoms with Gasteiger partial charge in [-0.1, -0.05) is 206 Å². The summed E-state index contributed by atoms with van der Waals surface area (Å²) in [6.45, 7) is 8.38. The lowest BCUT2D eigenvalue weighted by molar-refractivity contribution is 0.289. The van der Waals surface area contributed by atoms with E-state index >= 15 is 0 Å². The summed E-state index contributed by atoms with van der Waals surface area (Å²) in [7, 11) is 0. The summed E-state index contributed by atoms with van der Waals surface area (Å²) in [6, 6.07) is 6.38. The van der Waals surface area contributed by atoms with Gasteiger partial charge in [0.15, 0.2) is 0 Å². The molecule has 2 nitrogen and oxygen atoms in total. The van der Waals surface area contributed by atoms with E-state index in [0.29, 0.717) is 0 Å². The number of hydrogen-bond donors (Lipinski definition) is 0. The highest BCUT2D eigenvalue weighted by Crippen LogP contribution is 2.24. The van der Waals surface area contributed by atoms with Crippen LogP contribution in [0.3, 0.4) is 0 Å². The Balaban J connectivity index is 1.89. The van der Waals surface area contributed by atoms with E-state index in [0.717, 1.165) is 37.6 Å². The minimum absolute atomic E-state index is 0.820. The second-order valence-electron chi connectivity index (χ2n) is 14.3. The van der Waals surface area contributed by atoms with Crippen LogP contribution >= 0.6 is 0 Å². The Bertz CT molecular complexity index is 658. The molecule has 0 atom stereocenters. The summed E-state index contributed by atoms with van der Waals surface area (Å²) >= 11 is 0. The largest absolute Gasteiger partial charge is 0.493 e. The third-order valence-corrected chi connectivity index (χ3v) is 9.56. The van der Waals surface area contributed by atoms with Gasteiger partial charge in [-0.05, 0) is 37.5 Å². The molecule has 0 amide bonds. The van der Waals surface area contributed by atoms with Crippen LogP contribution < -0.4 is 9.47 Å². The molecule has 45 heavy (non-hydrogen) atoms. The van der Waals surface area contributed by atoms with Crippen molar-refractivity contribution >= 4 is 0 Å². The standard InChI is InChI=1S/C43H80O2/c1-4-6-8-10-12-14-16-18-20-22-24-26-28-30-32-34-36-44-42-38-41(3)39-43(40-42)45-37-35-33-31-29-27-25-23-21-19-17-15-13-11-9-7-5-2/h38-40H,4-37H2,1-3H3. The molecule has 2 heteroatoms. The Morgan fingerprint density at radius 3 is 0.778 bits per heavy atom. The molecule has 1 aromatic rings. The van der Waals surface area contributed by atoms with Crippen LogP contribution in [-0.2, 0) is 0 Å². The van der Waals surface area contributed by atoms with E-state index in [1.165, 1.54) is 198 Å². The first kappa shape index (κ1) is 41.8. The molecule has 0 fully saturated rings. The van der Waals surface area contributed by atoms with E-state index in [4.69, 9.17) is 9.47 Å². The highest BCUT2D eigenvalue weighted by atomic mass is 16.5. The van der Waals surface area contributed by atoms with Crippen LogP contribution in [-0.4, -0.2) is 13.2 Å². The fraction of sp³-hybridized carbons (Fsp3) is 0.860. The van der Waals surface area contributed by atoms with Gasteiger partial charge >= 0.3 is 0 Å². The number of benzene rings is 1. The third-order valence-electron chi connectivity index (χ3n) is 9.56. The van der Waals surface area contributed by atoms with E-state index < -0.39 is 0 Å². The van der Waals surface area contributed by atoms with Gasteiger partial charge in [0.1, 0.15) is 11.5 Å². The first-order chi connectivity index (χ1) is 22.3. The molecule has 0 saturated carbocycles. The average Bonchev–Trinajstić information content (AvgIpc) is 3.03. The monoisotopic (exact) mass is 629 g/mol. The lowest BCUT2D eigenvalue weighted by Gasteiger charge is -2.11. The van der Waals surface area contributed by atoms with Gasteiger partial charge in [-0.25, -0.2) is 0 Å². The van der Waals surface area contributed by atoms with Crippen molar-refractivity contribution in [3.05, 3.63) is 23.8 Å². The molecule has 0 aliphatic carbocycles.